The van der Waals surface area contributed by atoms with Gasteiger partial charge < -0.3 is 15.7 Å². The molecule has 96 valence electrons. The van der Waals surface area contributed by atoms with Crippen molar-refractivity contribution < 1.29 is 18.3 Å². The van der Waals surface area contributed by atoms with Gasteiger partial charge in [-0.1, -0.05) is 6.07 Å². The molecule has 0 aliphatic carbocycles. The summed E-state index contributed by atoms with van der Waals surface area (Å²) in [5.74, 6) is 0. The van der Waals surface area contributed by atoms with Crippen LogP contribution in [0.3, 0.4) is 0 Å². The Labute approximate surface area is 97.6 Å². The third-order valence-corrected chi connectivity index (χ3v) is 2.43. The quantitative estimate of drug-likeness (QED) is 0.800. The van der Waals surface area contributed by atoms with Gasteiger partial charge >= 0.3 is 6.18 Å². The molecule has 0 spiro atoms. The van der Waals surface area contributed by atoms with Gasteiger partial charge in [-0.05, 0) is 24.6 Å². The van der Waals surface area contributed by atoms with Gasteiger partial charge in [0, 0.05) is 17.9 Å². The van der Waals surface area contributed by atoms with Crippen LogP contribution in [0.25, 0.3) is 0 Å². The highest BCUT2D eigenvalue weighted by molar-refractivity contribution is 5.64. The van der Waals surface area contributed by atoms with Gasteiger partial charge in [-0.2, -0.15) is 13.2 Å². The summed E-state index contributed by atoms with van der Waals surface area (Å²) in [4.78, 5) is 1.08. The molecule has 0 aliphatic heterocycles. The summed E-state index contributed by atoms with van der Waals surface area (Å²) in [5.41, 5.74) is 7.07. The van der Waals surface area contributed by atoms with E-state index in [9.17, 15) is 13.2 Å². The standard InChI is InChI=1S/C11H15F3N2O/c1-8-9(15)3-2-4-10(8)16(5-6-17)7-11(12,13)14/h2-4,17H,5-7,15H2,1H3. The second kappa shape index (κ2) is 5.27. The van der Waals surface area contributed by atoms with E-state index in [1.54, 1.807) is 25.1 Å². The first kappa shape index (κ1) is 13.6. The smallest absolute Gasteiger partial charge is 0.398 e. The number of hydrogen-bond acceptors (Lipinski definition) is 3. The predicted molar refractivity (Wildman–Crippen MR) is 60.9 cm³/mol. The third kappa shape index (κ3) is 3.81. The minimum Gasteiger partial charge on any atom is -0.398 e. The number of alkyl halides is 3. The summed E-state index contributed by atoms with van der Waals surface area (Å²) in [6, 6.07) is 4.79. The van der Waals surface area contributed by atoms with Crippen molar-refractivity contribution in [2.24, 2.45) is 0 Å². The molecular formula is C11H15F3N2O. The van der Waals surface area contributed by atoms with Gasteiger partial charge in [-0.25, -0.2) is 0 Å². The molecule has 0 heterocycles. The van der Waals surface area contributed by atoms with Gasteiger partial charge in [0.15, 0.2) is 0 Å². The second-order valence-electron chi connectivity index (χ2n) is 3.75. The number of nitrogen functional groups attached to an aromatic ring is 1. The topological polar surface area (TPSA) is 49.5 Å². The minimum atomic E-state index is -4.31. The number of benzene rings is 1. The van der Waals surface area contributed by atoms with Crippen molar-refractivity contribution in [3.8, 4) is 0 Å². The summed E-state index contributed by atoms with van der Waals surface area (Å²) in [6.45, 7) is 0.136. The maximum absolute atomic E-state index is 12.4. The lowest BCUT2D eigenvalue weighted by atomic mass is 10.1. The summed E-state index contributed by atoms with van der Waals surface area (Å²) in [5, 5.41) is 8.81. The van der Waals surface area contributed by atoms with Gasteiger partial charge in [-0.3, -0.25) is 0 Å². The maximum atomic E-state index is 12.4. The SMILES string of the molecule is Cc1c(N)cccc1N(CCO)CC(F)(F)F. The number of aliphatic hydroxyl groups is 1. The zero-order valence-corrected chi connectivity index (χ0v) is 9.46. The Morgan fingerprint density at radius 2 is 2.00 bits per heavy atom. The average molecular weight is 248 g/mol. The Morgan fingerprint density at radius 3 is 2.53 bits per heavy atom. The molecule has 0 saturated carbocycles. The Hall–Kier alpha value is -1.43. The first-order valence-electron chi connectivity index (χ1n) is 5.13. The van der Waals surface area contributed by atoms with Crippen molar-refractivity contribution >= 4 is 11.4 Å². The van der Waals surface area contributed by atoms with Crippen molar-refractivity contribution in [1.82, 2.24) is 0 Å². The zero-order valence-electron chi connectivity index (χ0n) is 9.46. The van der Waals surface area contributed by atoms with Crippen LogP contribution in [0.4, 0.5) is 24.5 Å². The Morgan fingerprint density at radius 1 is 1.35 bits per heavy atom. The van der Waals surface area contributed by atoms with Gasteiger partial charge in [0.05, 0.1) is 6.61 Å². The first-order chi connectivity index (χ1) is 7.85. The highest BCUT2D eigenvalue weighted by Crippen LogP contribution is 2.27. The van der Waals surface area contributed by atoms with E-state index in [1.165, 1.54) is 0 Å². The molecule has 3 N–H and O–H groups in total. The number of nitrogens with two attached hydrogens (primary N) is 1. The van der Waals surface area contributed by atoms with E-state index < -0.39 is 12.7 Å². The van der Waals surface area contributed by atoms with Crippen LogP contribution in [-0.2, 0) is 0 Å². The molecule has 0 radical (unpaired) electrons. The highest BCUT2D eigenvalue weighted by Gasteiger charge is 2.31. The Bertz CT molecular complexity index is 379. The maximum Gasteiger partial charge on any atom is 0.405 e. The molecule has 0 amide bonds. The molecule has 0 fully saturated rings. The molecule has 0 unspecified atom stereocenters. The summed E-state index contributed by atoms with van der Waals surface area (Å²) in [7, 11) is 0. The van der Waals surface area contributed by atoms with Crippen molar-refractivity contribution in [3.05, 3.63) is 23.8 Å². The minimum absolute atomic E-state index is 0.0796. The fourth-order valence-corrected chi connectivity index (χ4v) is 1.61. The number of rotatable bonds is 4. The number of aliphatic hydroxyl groups excluding tert-OH is 1. The van der Waals surface area contributed by atoms with Crippen LogP contribution in [0.5, 0.6) is 0 Å². The van der Waals surface area contributed by atoms with Crippen molar-refractivity contribution in [1.29, 1.82) is 0 Å². The fraction of sp³-hybridized carbons (Fsp3) is 0.455. The van der Waals surface area contributed by atoms with E-state index >= 15 is 0 Å². The second-order valence-corrected chi connectivity index (χ2v) is 3.75. The number of halogens is 3. The van der Waals surface area contributed by atoms with Crippen molar-refractivity contribution in [3.63, 3.8) is 0 Å². The van der Waals surface area contributed by atoms with Crippen LogP contribution < -0.4 is 10.6 Å². The molecule has 3 nitrogen and oxygen atoms in total. The molecule has 0 atom stereocenters. The molecule has 6 heteroatoms. The lowest BCUT2D eigenvalue weighted by molar-refractivity contribution is -0.119. The van der Waals surface area contributed by atoms with Crippen molar-refractivity contribution in [2.45, 2.75) is 13.1 Å². The van der Waals surface area contributed by atoms with E-state index in [4.69, 9.17) is 10.8 Å². The van der Waals surface area contributed by atoms with Crippen LogP contribution in [0.1, 0.15) is 5.56 Å². The predicted octanol–water partition coefficient (Wildman–Crippen LogP) is 1.94. The van der Waals surface area contributed by atoms with Crippen LogP contribution in [0.15, 0.2) is 18.2 Å². The van der Waals surface area contributed by atoms with Gasteiger partial charge in [0.25, 0.3) is 0 Å². The van der Waals surface area contributed by atoms with Gasteiger partial charge in [0.2, 0.25) is 0 Å². The lowest BCUT2D eigenvalue weighted by Crippen LogP contribution is -2.36. The summed E-state index contributed by atoms with van der Waals surface area (Å²) >= 11 is 0. The third-order valence-electron chi connectivity index (χ3n) is 2.43. The summed E-state index contributed by atoms with van der Waals surface area (Å²) in [6.07, 6.45) is -4.31. The Balaban J connectivity index is 3.01. The van der Waals surface area contributed by atoms with E-state index in [0.717, 1.165) is 4.90 Å². The molecule has 1 rings (SSSR count). The van der Waals surface area contributed by atoms with E-state index in [0.29, 0.717) is 16.9 Å². The molecule has 1 aromatic carbocycles. The van der Waals surface area contributed by atoms with Gasteiger partial charge in [-0.15, -0.1) is 0 Å². The molecule has 0 saturated heterocycles. The number of nitrogens with zero attached hydrogens (tertiary/aromatic N) is 1. The van der Waals surface area contributed by atoms with Crippen LogP contribution in [0, 0.1) is 6.92 Å². The van der Waals surface area contributed by atoms with E-state index in [2.05, 4.69) is 0 Å². The molecule has 0 aliphatic rings. The largest absolute Gasteiger partial charge is 0.405 e. The number of hydrogen-bond donors (Lipinski definition) is 2. The average Bonchev–Trinajstić information content (AvgIpc) is 2.19. The highest BCUT2D eigenvalue weighted by atomic mass is 19.4. The van der Waals surface area contributed by atoms with Crippen LogP contribution >= 0.6 is 0 Å². The fourth-order valence-electron chi connectivity index (χ4n) is 1.61. The molecule has 1 aromatic rings. The normalized spacial score (nSPS) is 11.6. The molecule has 0 bridgehead atoms. The lowest BCUT2D eigenvalue weighted by Gasteiger charge is -2.27. The Kier molecular flexibility index (Phi) is 4.22. The summed E-state index contributed by atoms with van der Waals surface area (Å²) < 4.78 is 37.2. The molecule has 0 aromatic heterocycles. The van der Waals surface area contributed by atoms with E-state index in [1.807, 2.05) is 0 Å². The van der Waals surface area contributed by atoms with E-state index in [-0.39, 0.29) is 13.2 Å². The van der Waals surface area contributed by atoms with Crippen LogP contribution in [0.2, 0.25) is 0 Å². The first-order valence-corrected chi connectivity index (χ1v) is 5.13. The molecular weight excluding hydrogens is 233 g/mol. The van der Waals surface area contributed by atoms with Gasteiger partial charge in [0.1, 0.15) is 6.54 Å². The number of anilines is 2. The monoisotopic (exact) mass is 248 g/mol. The molecule has 17 heavy (non-hydrogen) atoms. The van der Waals surface area contributed by atoms with Crippen LogP contribution in [-0.4, -0.2) is 31.0 Å². The van der Waals surface area contributed by atoms with Crippen molar-refractivity contribution in [2.75, 3.05) is 30.3 Å². The zero-order chi connectivity index (χ0) is 13.1.